The monoisotopic (exact) mass is 266 g/mol. The molecule has 0 unspecified atom stereocenters. The molecule has 0 spiro atoms. The summed E-state index contributed by atoms with van der Waals surface area (Å²) in [5.41, 5.74) is -1.41. The summed E-state index contributed by atoms with van der Waals surface area (Å²) in [6.07, 6.45) is 2.20. The number of allylic oxidation sites excluding steroid dienone is 1. The summed E-state index contributed by atoms with van der Waals surface area (Å²) < 4.78 is 11.5. The number of rotatable bonds is 3. The van der Waals surface area contributed by atoms with Crippen LogP contribution in [-0.2, 0) is 11.1 Å². The zero-order valence-electron chi connectivity index (χ0n) is 7.83. The van der Waals surface area contributed by atoms with Crippen molar-refractivity contribution >= 4 is 19.2 Å². The number of hydrogen-bond acceptors (Lipinski definition) is 3. The summed E-state index contributed by atoms with van der Waals surface area (Å²) in [7, 11) is -4.24. The maximum Gasteiger partial charge on any atom is 0.348 e. The van der Waals surface area contributed by atoms with Crippen LogP contribution in [0, 0.1) is 0 Å². The first-order chi connectivity index (χ1) is 7.29. The Morgan fingerprint density at radius 2 is 2.12 bits per heavy atom. The van der Waals surface area contributed by atoms with Crippen molar-refractivity contribution < 1.29 is 14.4 Å². The molecule has 3 N–H and O–H groups in total. The molecule has 0 atom stereocenters. The minimum absolute atomic E-state index is 0.0968. The van der Waals surface area contributed by atoms with E-state index in [0.29, 0.717) is 5.82 Å². The van der Waals surface area contributed by atoms with E-state index >= 15 is 0 Å². The molecule has 88 valence electrons. The van der Waals surface area contributed by atoms with Gasteiger partial charge in [-0.15, -0.1) is 0 Å². The lowest BCUT2D eigenvalue weighted by molar-refractivity contribution is 0.386. The molecule has 0 aliphatic rings. The van der Waals surface area contributed by atoms with Gasteiger partial charge < -0.3 is 9.79 Å². The Hall–Kier alpha value is -1.14. The van der Waals surface area contributed by atoms with Crippen LogP contribution in [0.1, 0.15) is 0 Å². The van der Waals surface area contributed by atoms with E-state index < -0.39 is 18.8 Å². The molecule has 1 aromatic heterocycles. The highest BCUT2D eigenvalue weighted by Crippen LogP contribution is 2.35. The Bertz CT molecular complexity index is 569. The SMILES string of the molecule is O=c1[nH]c(=O)n(C/C=C/P(=O)(O)O)cc1Cl. The average molecular weight is 267 g/mol. The van der Waals surface area contributed by atoms with Crippen LogP contribution in [0.25, 0.3) is 0 Å². The first-order valence-electron chi connectivity index (χ1n) is 4.02. The fourth-order valence-corrected chi connectivity index (χ4v) is 1.45. The van der Waals surface area contributed by atoms with Gasteiger partial charge >= 0.3 is 13.3 Å². The van der Waals surface area contributed by atoms with Gasteiger partial charge in [-0.3, -0.25) is 18.9 Å². The second-order valence-corrected chi connectivity index (χ2v) is 4.75. The normalized spacial score (nSPS) is 12.2. The zero-order valence-corrected chi connectivity index (χ0v) is 9.48. The molecule has 0 aliphatic carbocycles. The topological polar surface area (TPSA) is 112 Å². The molecule has 0 aliphatic heterocycles. The fraction of sp³-hybridized carbons (Fsp3) is 0.143. The number of aromatic amines is 1. The number of aromatic nitrogens is 2. The van der Waals surface area contributed by atoms with E-state index in [4.69, 9.17) is 21.4 Å². The number of halogens is 1. The van der Waals surface area contributed by atoms with Gasteiger partial charge in [0.25, 0.3) is 5.56 Å². The molecule has 0 saturated heterocycles. The molecule has 0 aromatic carbocycles. The van der Waals surface area contributed by atoms with Crippen molar-refractivity contribution in [2.75, 3.05) is 0 Å². The minimum atomic E-state index is -4.24. The lowest BCUT2D eigenvalue weighted by atomic mass is 10.5. The molecule has 1 heterocycles. The predicted molar refractivity (Wildman–Crippen MR) is 57.5 cm³/mol. The van der Waals surface area contributed by atoms with Crippen LogP contribution in [0.2, 0.25) is 5.02 Å². The molecule has 16 heavy (non-hydrogen) atoms. The van der Waals surface area contributed by atoms with Gasteiger partial charge in [-0.25, -0.2) is 4.79 Å². The van der Waals surface area contributed by atoms with Crippen molar-refractivity contribution in [3.63, 3.8) is 0 Å². The Kier molecular flexibility index (Phi) is 3.88. The molecule has 0 saturated carbocycles. The third-order valence-corrected chi connectivity index (χ3v) is 2.44. The Balaban J connectivity index is 2.96. The highest BCUT2D eigenvalue weighted by atomic mass is 35.5. The minimum Gasteiger partial charge on any atom is -0.321 e. The lowest BCUT2D eigenvalue weighted by Gasteiger charge is -2.01. The van der Waals surface area contributed by atoms with Gasteiger partial charge in [0.2, 0.25) is 0 Å². The summed E-state index contributed by atoms with van der Waals surface area (Å²) in [5, 5.41) is -0.177. The van der Waals surface area contributed by atoms with E-state index in [-0.39, 0.29) is 11.6 Å². The number of nitrogens with zero attached hydrogens (tertiary/aromatic N) is 1. The fourth-order valence-electron chi connectivity index (χ4n) is 0.916. The van der Waals surface area contributed by atoms with E-state index in [1.807, 2.05) is 4.98 Å². The predicted octanol–water partition coefficient (Wildman–Crippen LogP) is -0.119. The van der Waals surface area contributed by atoms with Crippen molar-refractivity contribution in [1.29, 1.82) is 0 Å². The smallest absolute Gasteiger partial charge is 0.321 e. The van der Waals surface area contributed by atoms with E-state index in [9.17, 15) is 14.2 Å². The van der Waals surface area contributed by atoms with Gasteiger partial charge in [-0.2, -0.15) is 0 Å². The van der Waals surface area contributed by atoms with Crippen molar-refractivity contribution in [2.45, 2.75) is 6.54 Å². The molecule has 1 aromatic rings. The molecule has 1 rings (SSSR count). The largest absolute Gasteiger partial charge is 0.348 e. The zero-order chi connectivity index (χ0) is 12.3. The average Bonchev–Trinajstić information content (AvgIpc) is 2.11. The highest BCUT2D eigenvalue weighted by Gasteiger charge is 2.05. The first-order valence-corrected chi connectivity index (χ1v) is 6.08. The van der Waals surface area contributed by atoms with Crippen LogP contribution in [0.5, 0.6) is 0 Å². The maximum atomic E-state index is 11.2. The van der Waals surface area contributed by atoms with Gasteiger partial charge in [0, 0.05) is 18.6 Å². The van der Waals surface area contributed by atoms with Gasteiger partial charge in [-0.05, 0) is 0 Å². The summed E-state index contributed by atoms with van der Waals surface area (Å²) in [5.74, 6) is 0.665. The van der Waals surface area contributed by atoms with Crippen LogP contribution >= 0.6 is 19.2 Å². The molecule has 0 amide bonds. The van der Waals surface area contributed by atoms with Gasteiger partial charge in [-0.1, -0.05) is 17.7 Å². The first kappa shape index (κ1) is 12.9. The summed E-state index contributed by atoms with van der Waals surface area (Å²) >= 11 is 5.47. The summed E-state index contributed by atoms with van der Waals surface area (Å²) in [6.45, 7) is -0.0968. The van der Waals surface area contributed by atoms with Crippen LogP contribution in [0.15, 0.2) is 27.7 Å². The van der Waals surface area contributed by atoms with Crippen molar-refractivity contribution in [3.05, 3.63) is 44.0 Å². The Labute approximate surface area is 94.2 Å². The number of hydrogen-bond donors (Lipinski definition) is 3. The van der Waals surface area contributed by atoms with E-state index in [1.54, 1.807) is 0 Å². The maximum absolute atomic E-state index is 11.2. The van der Waals surface area contributed by atoms with Crippen molar-refractivity contribution in [2.24, 2.45) is 0 Å². The third-order valence-electron chi connectivity index (χ3n) is 1.57. The number of nitrogens with one attached hydrogen (secondary N) is 1. The van der Waals surface area contributed by atoms with Gasteiger partial charge in [0.1, 0.15) is 5.02 Å². The Morgan fingerprint density at radius 1 is 1.50 bits per heavy atom. The van der Waals surface area contributed by atoms with Crippen LogP contribution < -0.4 is 11.2 Å². The van der Waals surface area contributed by atoms with Gasteiger partial charge in [0.05, 0.1) is 0 Å². The Morgan fingerprint density at radius 3 is 2.69 bits per heavy atom. The van der Waals surface area contributed by atoms with Crippen LogP contribution in [-0.4, -0.2) is 19.3 Å². The van der Waals surface area contributed by atoms with E-state index in [0.717, 1.165) is 16.8 Å². The molecule has 0 fully saturated rings. The number of H-pyrrole nitrogens is 1. The van der Waals surface area contributed by atoms with E-state index in [1.165, 1.54) is 0 Å². The molecule has 7 nitrogen and oxygen atoms in total. The molecular weight excluding hydrogens is 259 g/mol. The molecule has 9 heteroatoms. The van der Waals surface area contributed by atoms with E-state index in [2.05, 4.69) is 0 Å². The molecular formula is C7H8ClN2O5P. The molecule has 0 radical (unpaired) electrons. The molecule has 0 bridgehead atoms. The van der Waals surface area contributed by atoms with Crippen LogP contribution in [0.3, 0.4) is 0 Å². The quantitative estimate of drug-likeness (QED) is 0.660. The summed E-state index contributed by atoms with van der Waals surface area (Å²) in [6, 6.07) is 0. The second-order valence-electron chi connectivity index (χ2n) is 2.86. The van der Waals surface area contributed by atoms with Gasteiger partial charge in [0.15, 0.2) is 0 Å². The standard InChI is InChI=1S/C7H8ClN2O5P/c8-5-4-10(7(12)9-6(5)11)2-1-3-16(13,14)15/h1,3-4H,2H2,(H,9,11,12)(H2,13,14,15)/b3-1+. The second kappa shape index (κ2) is 4.80. The highest BCUT2D eigenvalue weighted by molar-refractivity contribution is 7.55. The lowest BCUT2D eigenvalue weighted by Crippen LogP contribution is -2.29. The third kappa shape index (κ3) is 3.79. The summed E-state index contributed by atoms with van der Waals surface area (Å²) in [4.78, 5) is 41.0. The van der Waals surface area contributed by atoms with Crippen molar-refractivity contribution in [1.82, 2.24) is 9.55 Å². The van der Waals surface area contributed by atoms with Crippen molar-refractivity contribution in [3.8, 4) is 0 Å². The van der Waals surface area contributed by atoms with Crippen LogP contribution in [0.4, 0.5) is 0 Å².